The van der Waals surface area contributed by atoms with Crippen LogP contribution in [0.25, 0.3) is 0 Å². The van der Waals surface area contributed by atoms with Crippen molar-refractivity contribution in [3.63, 3.8) is 0 Å². The van der Waals surface area contributed by atoms with Crippen LogP contribution in [0.3, 0.4) is 0 Å². The predicted octanol–water partition coefficient (Wildman–Crippen LogP) is -1.84. The maximum Gasteiger partial charge on any atom is 1.00 e. The van der Waals surface area contributed by atoms with Crippen LogP contribution >= 0.6 is 0 Å². The number of hydrogen-bond donors (Lipinski definition) is 1. The van der Waals surface area contributed by atoms with Crippen molar-refractivity contribution in [3.8, 4) is 0 Å². The topological polar surface area (TPSA) is 26.0 Å². The molecule has 0 aromatic heterocycles. The van der Waals surface area contributed by atoms with Crippen LogP contribution in [0.15, 0.2) is 0 Å². The fourth-order valence-electron chi connectivity index (χ4n) is 0.408. The average Bonchev–Trinajstić information content (AvgIpc) is 1.68. The zero-order valence-electron chi connectivity index (χ0n) is 6.02. The summed E-state index contributed by atoms with van der Waals surface area (Å²) in [5, 5.41) is 0. The second-order valence-electron chi connectivity index (χ2n) is 1.64. The molecule has 0 spiro atoms. The molecule has 0 radical (unpaired) electrons. The molecule has 0 saturated carbocycles. The first kappa shape index (κ1) is 12.3. The molecule has 0 heterocycles. The Bertz CT molecular complexity index is 39.5. The molecule has 8 heavy (non-hydrogen) atoms. The molecule has 0 aromatic carbocycles. The van der Waals surface area contributed by atoms with E-state index in [0.29, 0.717) is 0 Å². The van der Waals surface area contributed by atoms with Crippen LogP contribution < -0.4 is 57.1 Å². The van der Waals surface area contributed by atoms with Gasteiger partial charge in [0.2, 0.25) is 0 Å². The van der Waals surface area contributed by atoms with E-state index in [1.807, 2.05) is 20.3 Å². The monoisotopic (exact) mass is 138 g/mol. The van der Waals surface area contributed by atoms with E-state index in [2.05, 4.69) is 6.42 Å². The molecule has 2 heteroatoms. The maximum atomic E-state index is 5.50. The largest absolute Gasteiger partial charge is 1.00 e. The van der Waals surface area contributed by atoms with Gasteiger partial charge in [-0.05, 0) is 0 Å². The Morgan fingerprint density at radius 3 is 2.12 bits per heavy atom. The van der Waals surface area contributed by atoms with Crippen LogP contribution in [0.1, 0.15) is 20.3 Å². The molecule has 0 amide bonds. The van der Waals surface area contributed by atoms with Gasteiger partial charge in [0.15, 0.2) is 0 Å². The van der Waals surface area contributed by atoms with Crippen LogP contribution in [0.2, 0.25) is 0 Å². The van der Waals surface area contributed by atoms with Crippen LogP contribution in [-0.4, -0.2) is 6.04 Å². The third kappa shape index (κ3) is 7.60. The minimum absolute atomic E-state index is 0. The summed E-state index contributed by atoms with van der Waals surface area (Å²) in [7, 11) is 0. The van der Waals surface area contributed by atoms with Crippen molar-refractivity contribution in [1.29, 1.82) is 0 Å². The molecule has 0 aliphatic heterocycles. The molecule has 0 fully saturated rings. The maximum absolute atomic E-state index is 5.50. The molecule has 1 nitrogen and oxygen atoms in total. The Kier molecular flexibility index (Phi) is 13.2. The first-order valence-electron chi connectivity index (χ1n) is 2.64. The van der Waals surface area contributed by atoms with Gasteiger partial charge in [0.1, 0.15) is 0 Å². The van der Waals surface area contributed by atoms with E-state index in [4.69, 9.17) is 5.73 Å². The van der Waals surface area contributed by atoms with Gasteiger partial charge in [-0.1, -0.05) is 0 Å². The van der Waals surface area contributed by atoms with Gasteiger partial charge in [-0.2, -0.15) is 20.3 Å². The Morgan fingerprint density at radius 2 is 2.00 bits per heavy atom. The van der Waals surface area contributed by atoms with Crippen LogP contribution in [0, 0.1) is 12.8 Å². The zero-order chi connectivity index (χ0) is 5.70. The summed E-state index contributed by atoms with van der Waals surface area (Å²) < 4.78 is 0. The minimum Gasteiger partial charge on any atom is -0.359 e. The number of rotatable bonds is 3. The first-order valence-corrected chi connectivity index (χ1v) is 2.64. The van der Waals surface area contributed by atoms with Crippen molar-refractivity contribution in [2.45, 2.75) is 26.3 Å². The van der Waals surface area contributed by atoms with Crippen LogP contribution in [-0.2, 0) is 0 Å². The van der Waals surface area contributed by atoms with Gasteiger partial charge in [0, 0.05) is 0 Å². The molecule has 0 aliphatic rings. The van der Waals surface area contributed by atoms with Crippen molar-refractivity contribution in [2.24, 2.45) is 5.73 Å². The number of hydrogen-bond acceptors (Lipinski definition) is 1. The molecule has 0 aliphatic carbocycles. The zero-order valence-corrected chi connectivity index (χ0v) is 9.14. The minimum atomic E-state index is 0. The molecular formula is C6H13KN-. The summed E-state index contributed by atoms with van der Waals surface area (Å²) in [5.74, 6) is 0. The van der Waals surface area contributed by atoms with Gasteiger partial charge in [0.25, 0.3) is 0 Å². The first-order chi connectivity index (χ1) is 3.31. The van der Waals surface area contributed by atoms with Crippen molar-refractivity contribution in [2.75, 3.05) is 0 Å². The summed E-state index contributed by atoms with van der Waals surface area (Å²) in [6.07, 6.45) is 5.07. The second kappa shape index (κ2) is 8.60. The summed E-state index contributed by atoms with van der Waals surface area (Å²) in [5.41, 5.74) is 5.50. The molecular weight excluding hydrogens is 125 g/mol. The van der Waals surface area contributed by atoms with E-state index >= 15 is 0 Å². The molecule has 1 atom stereocenters. The summed E-state index contributed by atoms with van der Waals surface area (Å²) >= 11 is 0. The second-order valence-corrected chi connectivity index (χ2v) is 1.64. The summed E-state index contributed by atoms with van der Waals surface area (Å²) in [4.78, 5) is 0. The fraction of sp³-hybridized carbons (Fsp3) is 0.667. The van der Waals surface area contributed by atoms with Crippen molar-refractivity contribution in [1.82, 2.24) is 0 Å². The molecule has 1 unspecified atom stereocenters. The Balaban J connectivity index is 0. The van der Waals surface area contributed by atoms with E-state index < -0.39 is 0 Å². The average molecular weight is 138 g/mol. The van der Waals surface area contributed by atoms with Crippen LogP contribution in [0.4, 0.5) is 0 Å². The van der Waals surface area contributed by atoms with Gasteiger partial charge < -0.3 is 18.6 Å². The molecule has 2 N–H and O–H groups in total. The van der Waals surface area contributed by atoms with E-state index in [1.165, 1.54) is 0 Å². The summed E-state index contributed by atoms with van der Waals surface area (Å²) in [6.45, 7) is 4.00. The van der Waals surface area contributed by atoms with Gasteiger partial charge in [0.05, 0.1) is 0 Å². The Morgan fingerprint density at radius 1 is 1.50 bits per heavy atom. The van der Waals surface area contributed by atoms with Gasteiger partial charge in [-0.3, -0.25) is 0 Å². The molecule has 0 aromatic rings. The van der Waals surface area contributed by atoms with Crippen molar-refractivity contribution in [3.05, 3.63) is 12.8 Å². The van der Waals surface area contributed by atoms with E-state index in [1.54, 1.807) is 0 Å². The molecule has 0 saturated heterocycles. The molecule has 44 valence electrons. The third-order valence-corrected chi connectivity index (χ3v) is 0.936. The standard InChI is InChI=1S/C6H13N.K/c1-3-5-6(7)4-2;/h3-4,6H,5,7H2,1-2H3;/q-2;+1. The van der Waals surface area contributed by atoms with E-state index in [0.717, 1.165) is 6.42 Å². The SMILES string of the molecule is C[CH-]CC(N)[CH-]C.[K+]. The van der Waals surface area contributed by atoms with Gasteiger partial charge in [-0.15, -0.1) is 6.04 Å². The Hall–Kier alpha value is 1.60. The predicted molar refractivity (Wildman–Crippen MR) is 32.5 cm³/mol. The smallest absolute Gasteiger partial charge is 0.359 e. The van der Waals surface area contributed by atoms with Crippen molar-refractivity contribution < 1.29 is 51.4 Å². The van der Waals surface area contributed by atoms with Crippen molar-refractivity contribution >= 4 is 0 Å². The van der Waals surface area contributed by atoms with Crippen LogP contribution in [0.5, 0.6) is 0 Å². The molecule has 0 rings (SSSR count). The fourth-order valence-corrected chi connectivity index (χ4v) is 0.408. The number of nitrogens with two attached hydrogens (primary N) is 1. The van der Waals surface area contributed by atoms with Gasteiger partial charge >= 0.3 is 51.4 Å². The Labute approximate surface area is 94.8 Å². The summed E-state index contributed by atoms with van der Waals surface area (Å²) in [6, 6.07) is 0.269. The normalized spacial score (nSPS) is 12.4. The van der Waals surface area contributed by atoms with Gasteiger partial charge in [-0.25, -0.2) is 0 Å². The molecule has 0 bridgehead atoms. The third-order valence-electron chi connectivity index (χ3n) is 0.936. The van der Waals surface area contributed by atoms with E-state index in [9.17, 15) is 0 Å². The quantitative estimate of drug-likeness (QED) is 0.360. The van der Waals surface area contributed by atoms with E-state index in [-0.39, 0.29) is 57.4 Å².